The number of benzene rings is 1. The van der Waals surface area contributed by atoms with Gasteiger partial charge in [0.15, 0.2) is 16.4 Å². The number of nitrogens with one attached hydrogen (secondary N) is 1. The van der Waals surface area contributed by atoms with Crippen molar-refractivity contribution in [2.24, 2.45) is 0 Å². The number of aromatic nitrogens is 4. The van der Waals surface area contributed by atoms with Crippen LogP contribution >= 0.6 is 11.6 Å². The largest absolute Gasteiger partial charge is 0.464 e. The summed E-state index contributed by atoms with van der Waals surface area (Å²) in [7, 11) is 0. The molecule has 0 radical (unpaired) electrons. The van der Waals surface area contributed by atoms with Crippen molar-refractivity contribution in [2.45, 2.75) is 26.2 Å². The summed E-state index contributed by atoms with van der Waals surface area (Å²) in [5.74, 6) is 0.170. The zero-order chi connectivity index (χ0) is 21.0. The summed E-state index contributed by atoms with van der Waals surface area (Å²) in [6.07, 6.45) is 1.57. The average Bonchev–Trinajstić information content (AvgIpc) is 3.05. The first kappa shape index (κ1) is 18.5. The predicted octanol–water partition coefficient (Wildman–Crippen LogP) is 3.51. The van der Waals surface area contributed by atoms with Crippen molar-refractivity contribution in [2.75, 3.05) is 5.32 Å². The quantitative estimate of drug-likeness (QED) is 0.531. The van der Waals surface area contributed by atoms with Crippen LogP contribution in [0.1, 0.15) is 34.7 Å². The van der Waals surface area contributed by atoms with Gasteiger partial charge in [-0.2, -0.15) is 9.78 Å². The highest BCUT2D eigenvalue weighted by atomic mass is 35.5. The SMILES string of the molecule is Cc1ccc2occ(C3CC(=O)Nc4c3c(C)nn4-c3ccc(Cl)nn3)c(=O)c2c1. The van der Waals surface area contributed by atoms with Crippen LogP contribution < -0.4 is 10.7 Å². The topological polar surface area (TPSA) is 103 Å². The molecule has 0 aliphatic carbocycles. The maximum atomic E-state index is 13.3. The number of carbonyl (C=O) groups is 1. The first-order valence-electron chi connectivity index (χ1n) is 9.33. The Morgan fingerprint density at radius 1 is 1.17 bits per heavy atom. The second-order valence-electron chi connectivity index (χ2n) is 7.30. The maximum Gasteiger partial charge on any atom is 0.226 e. The van der Waals surface area contributed by atoms with Crippen LogP contribution in [0.4, 0.5) is 5.82 Å². The molecule has 1 atom stereocenters. The van der Waals surface area contributed by atoms with Crippen LogP contribution in [-0.4, -0.2) is 25.9 Å². The van der Waals surface area contributed by atoms with Gasteiger partial charge in [-0.1, -0.05) is 23.2 Å². The van der Waals surface area contributed by atoms with Crippen LogP contribution in [0, 0.1) is 13.8 Å². The molecule has 5 rings (SSSR count). The van der Waals surface area contributed by atoms with Crippen LogP contribution in [0.3, 0.4) is 0 Å². The van der Waals surface area contributed by atoms with Gasteiger partial charge in [0.2, 0.25) is 5.91 Å². The smallest absolute Gasteiger partial charge is 0.226 e. The zero-order valence-electron chi connectivity index (χ0n) is 16.1. The zero-order valence-corrected chi connectivity index (χ0v) is 16.9. The molecule has 4 aromatic rings. The fourth-order valence-corrected chi connectivity index (χ4v) is 4.00. The third-order valence-corrected chi connectivity index (χ3v) is 5.47. The van der Waals surface area contributed by atoms with E-state index in [1.807, 2.05) is 19.9 Å². The molecule has 8 nitrogen and oxygen atoms in total. The summed E-state index contributed by atoms with van der Waals surface area (Å²) in [6, 6.07) is 8.71. The molecular weight excluding hydrogens is 406 g/mol. The Kier molecular flexibility index (Phi) is 4.18. The Balaban J connectivity index is 1.71. The number of amides is 1. The Morgan fingerprint density at radius 2 is 2.00 bits per heavy atom. The van der Waals surface area contributed by atoms with E-state index in [0.29, 0.717) is 33.9 Å². The Morgan fingerprint density at radius 3 is 2.77 bits per heavy atom. The van der Waals surface area contributed by atoms with E-state index in [4.69, 9.17) is 16.0 Å². The lowest BCUT2D eigenvalue weighted by Crippen LogP contribution is -2.27. The standard InChI is InChI=1S/C21H16ClN5O3/c1-10-3-4-15-13(7-10)20(29)14(9-30-15)12-8-18(28)23-21-19(12)11(2)26-27(21)17-6-5-16(22)24-25-17/h3-7,9,12H,8H2,1-2H3,(H,23,28). The van der Waals surface area contributed by atoms with Crippen LogP contribution in [0.25, 0.3) is 16.8 Å². The van der Waals surface area contributed by atoms with Crippen molar-refractivity contribution in [1.82, 2.24) is 20.0 Å². The second-order valence-corrected chi connectivity index (χ2v) is 7.69. The van der Waals surface area contributed by atoms with Gasteiger partial charge in [-0.15, -0.1) is 10.2 Å². The number of halogens is 1. The van der Waals surface area contributed by atoms with E-state index in [1.54, 1.807) is 24.3 Å². The molecule has 150 valence electrons. The van der Waals surface area contributed by atoms with Crippen molar-refractivity contribution < 1.29 is 9.21 Å². The molecule has 0 spiro atoms. The summed E-state index contributed by atoms with van der Waals surface area (Å²) in [6.45, 7) is 3.75. The second kappa shape index (κ2) is 6.77. The van der Waals surface area contributed by atoms with Crippen molar-refractivity contribution in [1.29, 1.82) is 0 Å². The van der Waals surface area contributed by atoms with E-state index in [0.717, 1.165) is 11.1 Å². The van der Waals surface area contributed by atoms with Crippen molar-refractivity contribution in [3.8, 4) is 5.82 Å². The minimum absolute atomic E-state index is 0.119. The maximum absolute atomic E-state index is 13.3. The van der Waals surface area contributed by atoms with Gasteiger partial charge in [0, 0.05) is 23.5 Å². The number of aryl methyl sites for hydroxylation is 2. The molecule has 0 saturated heterocycles. The van der Waals surface area contributed by atoms with E-state index in [2.05, 4.69) is 20.6 Å². The molecule has 1 amide bonds. The molecule has 1 aromatic carbocycles. The summed E-state index contributed by atoms with van der Waals surface area (Å²) in [5.41, 5.74) is 3.18. The number of carbonyl (C=O) groups excluding carboxylic acids is 1. The van der Waals surface area contributed by atoms with Crippen molar-refractivity contribution in [3.05, 3.63) is 74.4 Å². The third-order valence-electron chi connectivity index (χ3n) is 5.27. The molecule has 0 saturated carbocycles. The van der Waals surface area contributed by atoms with E-state index in [9.17, 15) is 9.59 Å². The molecule has 1 N–H and O–H groups in total. The molecule has 1 unspecified atom stereocenters. The number of anilines is 1. The molecule has 1 aliphatic rings. The molecule has 0 fully saturated rings. The van der Waals surface area contributed by atoms with Crippen LogP contribution in [0.2, 0.25) is 5.15 Å². The fraction of sp³-hybridized carbons (Fsp3) is 0.190. The lowest BCUT2D eigenvalue weighted by Gasteiger charge is -2.23. The van der Waals surface area contributed by atoms with Gasteiger partial charge in [0.05, 0.1) is 17.3 Å². The van der Waals surface area contributed by atoms with Crippen molar-refractivity contribution in [3.63, 3.8) is 0 Å². The molecule has 1 aliphatic heterocycles. The number of fused-ring (bicyclic) bond motifs is 2. The molecule has 9 heteroatoms. The van der Waals surface area contributed by atoms with Crippen molar-refractivity contribution >= 4 is 34.3 Å². The highest BCUT2D eigenvalue weighted by Gasteiger charge is 2.34. The van der Waals surface area contributed by atoms with E-state index >= 15 is 0 Å². The number of hydrogen-bond donors (Lipinski definition) is 1. The van der Waals surface area contributed by atoms with Gasteiger partial charge in [0.25, 0.3) is 0 Å². The van der Waals surface area contributed by atoms with E-state index in [1.165, 1.54) is 10.9 Å². The van der Waals surface area contributed by atoms with Crippen LogP contribution in [0.15, 0.2) is 45.8 Å². The molecule has 0 bridgehead atoms. The first-order valence-corrected chi connectivity index (χ1v) is 9.71. The van der Waals surface area contributed by atoms with Gasteiger partial charge >= 0.3 is 0 Å². The Hall–Kier alpha value is -3.52. The molecule has 30 heavy (non-hydrogen) atoms. The highest BCUT2D eigenvalue weighted by Crippen LogP contribution is 2.39. The van der Waals surface area contributed by atoms with Gasteiger partial charge in [-0.05, 0) is 38.1 Å². The lowest BCUT2D eigenvalue weighted by atomic mass is 9.86. The van der Waals surface area contributed by atoms with Gasteiger partial charge < -0.3 is 9.73 Å². The number of rotatable bonds is 2. The lowest BCUT2D eigenvalue weighted by molar-refractivity contribution is -0.116. The van der Waals surface area contributed by atoms with Crippen LogP contribution in [0.5, 0.6) is 0 Å². The van der Waals surface area contributed by atoms with E-state index < -0.39 is 5.92 Å². The average molecular weight is 422 g/mol. The van der Waals surface area contributed by atoms with Gasteiger partial charge in [-0.25, -0.2) is 0 Å². The monoisotopic (exact) mass is 421 g/mol. The van der Waals surface area contributed by atoms with Gasteiger partial charge in [0.1, 0.15) is 11.4 Å². The summed E-state index contributed by atoms with van der Waals surface area (Å²) < 4.78 is 7.24. The Bertz CT molecular complexity index is 1370. The predicted molar refractivity (Wildman–Crippen MR) is 111 cm³/mol. The normalized spacial score (nSPS) is 15.8. The number of hydrogen-bond acceptors (Lipinski definition) is 6. The molecular formula is C21H16ClN5O3. The van der Waals surface area contributed by atoms with Gasteiger partial charge in [-0.3, -0.25) is 9.59 Å². The number of nitrogens with zero attached hydrogens (tertiary/aromatic N) is 4. The van der Waals surface area contributed by atoms with E-state index in [-0.39, 0.29) is 22.9 Å². The summed E-state index contributed by atoms with van der Waals surface area (Å²) in [5, 5.41) is 16.0. The minimum Gasteiger partial charge on any atom is -0.464 e. The fourth-order valence-electron chi connectivity index (χ4n) is 3.90. The highest BCUT2D eigenvalue weighted by molar-refractivity contribution is 6.29. The first-order chi connectivity index (χ1) is 14.4. The minimum atomic E-state index is -0.482. The molecule has 4 heterocycles. The summed E-state index contributed by atoms with van der Waals surface area (Å²) >= 11 is 5.83. The Labute approximate surface area is 175 Å². The third kappa shape index (κ3) is 2.88. The van der Waals surface area contributed by atoms with Crippen LogP contribution in [-0.2, 0) is 4.79 Å². The molecule has 3 aromatic heterocycles. The summed E-state index contributed by atoms with van der Waals surface area (Å²) in [4.78, 5) is 25.8.